The van der Waals surface area contributed by atoms with Crippen molar-refractivity contribution in [2.45, 2.75) is 0 Å². The molecule has 0 aliphatic rings. The zero-order valence-electron chi connectivity index (χ0n) is 8.70. The molecule has 5 nitrogen and oxygen atoms in total. The van der Waals surface area contributed by atoms with Gasteiger partial charge < -0.3 is 4.74 Å². The second-order valence-corrected chi connectivity index (χ2v) is 3.15. The quantitative estimate of drug-likeness (QED) is 0.852. The van der Waals surface area contributed by atoms with Crippen LogP contribution in [0.15, 0.2) is 23.0 Å². The van der Waals surface area contributed by atoms with E-state index < -0.39 is 17.3 Å². The Labute approximate surface area is 94.1 Å². The number of ether oxygens (including phenoxy) is 1. The average molecular weight is 239 g/mol. The Morgan fingerprint density at radius 3 is 2.41 bits per heavy atom. The summed E-state index contributed by atoms with van der Waals surface area (Å²) in [5.74, 6) is -1.54. The molecule has 7 heteroatoms. The molecule has 0 unspecified atom stereocenters. The van der Waals surface area contributed by atoms with Crippen molar-refractivity contribution in [1.82, 2.24) is 15.0 Å². The topological polar surface area (TPSA) is 67.9 Å². The first-order valence-electron chi connectivity index (χ1n) is 4.57. The van der Waals surface area contributed by atoms with Gasteiger partial charge in [-0.15, -0.1) is 4.98 Å². The molecular weight excluding hydrogens is 232 g/mol. The summed E-state index contributed by atoms with van der Waals surface area (Å²) in [6, 6.07) is 2.63. The van der Waals surface area contributed by atoms with Crippen LogP contribution in [0, 0.1) is 11.6 Å². The molecule has 0 amide bonds. The first-order chi connectivity index (χ1) is 8.08. The van der Waals surface area contributed by atoms with Gasteiger partial charge in [-0.25, -0.2) is 13.6 Å². The van der Waals surface area contributed by atoms with E-state index in [2.05, 4.69) is 19.7 Å². The second-order valence-electron chi connectivity index (χ2n) is 3.15. The summed E-state index contributed by atoms with van der Waals surface area (Å²) >= 11 is 0. The Bertz CT molecular complexity index is 592. The lowest BCUT2D eigenvalue weighted by atomic mass is 10.2. The predicted octanol–water partition coefficient (Wildman–Crippen LogP) is 1.12. The lowest BCUT2D eigenvalue weighted by Gasteiger charge is -2.02. The van der Waals surface area contributed by atoms with E-state index in [0.717, 1.165) is 18.2 Å². The van der Waals surface area contributed by atoms with Gasteiger partial charge in [0.05, 0.1) is 7.11 Å². The maximum absolute atomic E-state index is 13.0. The Morgan fingerprint density at radius 2 is 1.82 bits per heavy atom. The maximum atomic E-state index is 13.0. The summed E-state index contributed by atoms with van der Waals surface area (Å²) in [7, 11) is 1.28. The van der Waals surface area contributed by atoms with Crippen LogP contribution >= 0.6 is 0 Å². The highest BCUT2D eigenvalue weighted by Gasteiger charge is 2.08. The van der Waals surface area contributed by atoms with Crippen molar-refractivity contribution in [3.63, 3.8) is 0 Å². The number of halogens is 2. The van der Waals surface area contributed by atoms with Crippen LogP contribution in [0.25, 0.3) is 11.4 Å². The van der Waals surface area contributed by atoms with Gasteiger partial charge >= 0.3 is 11.7 Å². The Kier molecular flexibility index (Phi) is 2.82. The number of rotatable bonds is 2. The van der Waals surface area contributed by atoms with E-state index in [1.54, 1.807) is 0 Å². The third-order valence-electron chi connectivity index (χ3n) is 1.95. The summed E-state index contributed by atoms with van der Waals surface area (Å²) in [5, 5.41) is 0. The lowest BCUT2D eigenvalue weighted by Crippen LogP contribution is -2.14. The van der Waals surface area contributed by atoms with Gasteiger partial charge in [-0.2, -0.15) is 4.98 Å². The molecule has 0 saturated carbocycles. The lowest BCUT2D eigenvalue weighted by molar-refractivity contribution is 0.377. The minimum atomic E-state index is -0.765. The Balaban J connectivity index is 2.59. The van der Waals surface area contributed by atoms with E-state index in [-0.39, 0.29) is 17.4 Å². The van der Waals surface area contributed by atoms with E-state index in [0.29, 0.717) is 0 Å². The largest absolute Gasteiger partial charge is 0.467 e. The molecule has 0 atom stereocenters. The minimum absolute atomic E-state index is 0.0137. The van der Waals surface area contributed by atoms with Crippen LogP contribution in [0.1, 0.15) is 0 Å². The molecule has 0 aliphatic carbocycles. The van der Waals surface area contributed by atoms with Gasteiger partial charge in [0.25, 0.3) is 0 Å². The van der Waals surface area contributed by atoms with E-state index in [1.165, 1.54) is 7.11 Å². The fraction of sp³-hybridized carbons (Fsp3) is 0.100. The Hall–Kier alpha value is -2.31. The van der Waals surface area contributed by atoms with Crippen molar-refractivity contribution in [2.75, 3.05) is 7.11 Å². The number of aromatic nitrogens is 3. The van der Waals surface area contributed by atoms with Crippen LogP contribution in [0.4, 0.5) is 8.78 Å². The molecule has 0 bridgehead atoms. The number of nitrogens with zero attached hydrogens (tertiary/aromatic N) is 2. The van der Waals surface area contributed by atoms with Crippen molar-refractivity contribution in [3.8, 4) is 17.4 Å². The SMILES string of the molecule is COc1nc(-c2cc(F)cc(F)c2)[nH]c(=O)n1. The third-order valence-corrected chi connectivity index (χ3v) is 1.95. The fourth-order valence-electron chi connectivity index (χ4n) is 1.28. The van der Waals surface area contributed by atoms with Crippen LogP contribution in [-0.2, 0) is 0 Å². The van der Waals surface area contributed by atoms with Gasteiger partial charge in [-0.05, 0) is 12.1 Å². The molecule has 1 heterocycles. The van der Waals surface area contributed by atoms with Gasteiger partial charge in [0.2, 0.25) is 0 Å². The molecule has 2 rings (SSSR count). The number of hydrogen-bond acceptors (Lipinski definition) is 4. The second kappa shape index (κ2) is 4.28. The number of benzene rings is 1. The van der Waals surface area contributed by atoms with Gasteiger partial charge in [0.1, 0.15) is 17.5 Å². The first kappa shape index (κ1) is 11.2. The van der Waals surface area contributed by atoms with Crippen LogP contribution in [0.2, 0.25) is 0 Å². The van der Waals surface area contributed by atoms with Crippen molar-refractivity contribution in [1.29, 1.82) is 0 Å². The van der Waals surface area contributed by atoms with E-state index in [9.17, 15) is 13.6 Å². The number of H-pyrrole nitrogens is 1. The zero-order valence-corrected chi connectivity index (χ0v) is 8.70. The molecule has 0 saturated heterocycles. The first-order valence-corrected chi connectivity index (χ1v) is 4.57. The normalized spacial score (nSPS) is 10.3. The van der Waals surface area contributed by atoms with Crippen LogP contribution in [0.5, 0.6) is 6.01 Å². The summed E-state index contributed by atoms with van der Waals surface area (Å²) < 4.78 is 30.7. The summed E-state index contributed by atoms with van der Waals surface area (Å²) in [6.07, 6.45) is 0. The van der Waals surface area contributed by atoms with E-state index in [1.807, 2.05) is 0 Å². The number of hydrogen-bond donors (Lipinski definition) is 1. The van der Waals surface area contributed by atoms with Crippen molar-refractivity contribution < 1.29 is 13.5 Å². The molecular formula is C10H7F2N3O2. The molecule has 0 aliphatic heterocycles. The molecule has 1 aromatic heterocycles. The molecule has 0 fully saturated rings. The highest BCUT2D eigenvalue weighted by Crippen LogP contribution is 2.17. The third kappa shape index (κ3) is 2.44. The van der Waals surface area contributed by atoms with Gasteiger partial charge in [-0.3, -0.25) is 4.98 Å². The highest BCUT2D eigenvalue weighted by molar-refractivity contribution is 5.54. The smallest absolute Gasteiger partial charge is 0.351 e. The number of aromatic amines is 1. The summed E-state index contributed by atoms with van der Waals surface area (Å²) in [5.41, 5.74) is -0.614. The van der Waals surface area contributed by atoms with Crippen LogP contribution in [-0.4, -0.2) is 22.1 Å². The molecule has 88 valence electrons. The molecule has 1 N–H and O–H groups in total. The maximum Gasteiger partial charge on any atom is 0.351 e. The standard InChI is InChI=1S/C10H7F2N3O2/c1-17-10-14-8(13-9(16)15-10)5-2-6(11)4-7(12)3-5/h2-4H,1H3,(H,13,14,15,16). The molecule has 2 aromatic rings. The van der Waals surface area contributed by atoms with Crippen molar-refractivity contribution in [2.24, 2.45) is 0 Å². The van der Waals surface area contributed by atoms with Crippen molar-refractivity contribution in [3.05, 3.63) is 40.3 Å². The molecule has 0 spiro atoms. The highest BCUT2D eigenvalue weighted by atomic mass is 19.1. The Morgan fingerprint density at radius 1 is 1.18 bits per heavy atom. The van der Waals surface area contributed by atoms with Crippen molar-refractivity contribution >= 4 is 0 Å². The van der Waals surface area contributed by atoms with E-state index in [4.69, 9.17) is 0 Å². The fourth-order valence-corrected chi connectivity index (χ4v) is 1.28. The van der Waals surface area contributed by atoms with Gasteiger partial charge in [0, 0.05) is 11.6 Å². The monoisotopic (exact) mass is 239 g/mol. The number of nitrogens with one attached hydrogen (secondary N) is 1. The zero-order chi connectivity index (χ0) is 12.4. The number of methoxy groups -OCH3 is 1. The summed E-state index contributed by atoms with van der Waals surface area (Å²) in [4.78, 5) is 20.6. The molecule has 1 aromatic carbocycles. The summed E-state index contributed by atoms with van der Waals surface area (Å²) in [6.45, 7) is 0. The average Bonchev–Trinajstić information content (AvgIpc) is 2.26. The predicted molar refractivity (Wildman–Crippen MR) is 54.6 cm³/mol. The molecule has 0 radical (unpaired) electrons. The van der Waals surface area contributed by atoms with Gasteiger partial charge in [0.15, 0.2) is 0 Å². The van der Waals surface area contributed by atoms with Crippen LogP contribution < -0.4 is 10.4 Å². The van der Waals surface area contributed by atoms with E-state index >= 15 is 0 Å². The van der Waals surface area contributed by atoms with Gasteiger partial charge in [-0.1, -0.05) is 0 Å². The van der Waals surface area contributed by atoms with Crippen LogP contribution in [0.3, 0.4) is 0 Å². The molecule has 17 heavy (non-hydrogen) atoms. The minimum Gasteiger partial charge on any atom is -0.467 e.